The molecule has 1 amide bonds. The van der Waals surface area contributed by atoms with E-state index in [1.165, 1.54) is 31.4 Å². The topological polar surface area (TPSA) is 29.1 Å². The number of rotatable bonds is 2. The average Bonchev–Trinajstić information content (AvgIpc) is 2.82. The van der Waals surface area contributed by atoms with E-state index in [4.69, 9.17) is 0 Å². The van der Waals surface area contributed by atoms with E-state index in [9.17, 15) is 9.18 Å². The summed E-state index contributed by atoms with van der Waals surface area (Å²) < 4.78 is 12.8. The molecular formula is C15H16FNO. The fourth-order valence-electron chi connectivity index (χ4n) is 4.43. The first-order valence-electron chi connectivity index (χ1n) is 6.80. The molecule has 0 aromatic heterocycles. The van der Waals surface area contributed by atoms with Crippen LogP contribution in [0.3, 0.4) is 0 Å². The highest BCUT2D eigenvalue weighted by atomic mass is 19.1. The second-order valence-electron chi connectivity index (χ2n) is 6.01. The lowest BCUT2D eigenvalue weighted by atomic mass is 10.0. The van der Waals surface area contributed by atoms with Gasteiger partial charge >= 0.3 is 0 Å². The third-order valence-corrected chi connectivity index (χ3v) is 5.15. The molecule has 2 bridgehead atoms. The number of carbonyl (C=O) groups is 1. The van der Waals surface area contributed by atoms with Gasteiger partial charge in [-0.3, -0.25) is 4.79 Å². The van der Waals surface area contributed by atoms with Crippen LogP contribution in [0.1, 0.15) is 19.3 Å². The quantitative estimate of drug-likeness (QED) is 0.852. The van der Waals surface area contributed by atoms with Gasteiger partial charge in [0.1, 0.15) is 5.82 Å². The molecule has 94 valence electrons. The predicted molar refractivity (Wildman–Crippen MR) is 66.3 cm³/mol. The fraction of sp³-hybridized carbons (Fsp3) is 0.533. The maximum atomic E-state index is 12.8. The van der Waals surface area contributed by atoms with Gasteiger partial charge < -0.3 is 5.32 Å². The Morgan fingerprint density at radius 1 is 1.11 bits per heavy atom. The Labute approximate surface area is 106 Å². The molecule has 3 heteroatoms. The van der Waals surface area contributed by atoms with E-state index in [1.54, 1.807) is 12.1 Å². The van der Waals surface area contributed by atoms with Crippen LogP contribution < -0.4 is 5.32 Å². The van der Waals surface area contributed by atoms with Crippen LogP contribution in [0.15, 0.2) is 24.3 Å². The number of fused-ring (bicyclic) bond motifs is 5. The van der Waals surface area contributed by atoms with E-state index in [0.29, 0.717) is 17.5 Å². The highest BCUT2D eigenvalue weighted by Crippen LogP contribution is 2.69. The van der Waals surface area contributed by atoms with Crippen molar-refractivity contribution < 1.29 is 9.18 Å². The number of anilines is 1. The smallest absolute Gasteiger partial charge is 0.228 e. The number of hydrogen-bond donors (Lipinski definition) is 1. The van der Waals surface area contributed by atoms with Crippen LogP contribution in [0, 0.1) is 35.4 Å². The van der Waals surface area contributed by atoms with Crippen molar-refractivity contribution in [2.75, 3.05) is 5.32 Å². The first kappa shape index (κ1) is 10.5. The molecule has 2 nitrogen and oxygen atoms in total. The van der Waals surface area contributed by atoms with Crippen LogP contribution in [0.4, 0.5) is 10.1 Å². The molecule has 3 aliphatic carbocycles. The predicted octanol–water partition coefficient (Wildman–Crippen LogP) is 3.06. The van der Waals surface area contributed by atoms with Gasteiger partial charge in [0.2, 0.25) is 5.91 Å². The Kier molecular flexibility index (Phi) is 2.08. The summed E-state index contributed by atoms with van der Waals surface area (Å²) in [6.45, 7) is 0. The first-order chi connectivity index (χ1) is 8.74. The van der Waals surface area contributed by atoms with E-state index in [-0.39, 0.29) is 17.6 Å². The first-order valence-corrected chi connectivity index (χ1v) is 6.80. The van der Waals surface area contributed by atoms with Crippen LogP contribution in [0.25, 0.3) is 0 Å². The minimum atomic E-state index is -0.269. The molecule has 0 saturated heterocycles. The van der Waals surface area contributed by atoms with Crippen molar-refractivity contribution >= 4 is 11.6 Å². The molecule has 3 saturated carbocycles. The lowest BCUT2D eigenvalue weighted by Crippen LogP contribution is -2.18. The zero-order chi connectivity index (χ0) is 12.3. The third-order valence-electron chi connectivity index (χ3n) is 5.15. The lowest BCUT2D eigenvalue weighted by Gasteiger charge is -2.09. The zero-order valence-electron chi connectivity index (χ0n) is 10.1. The second-order valence-corrected chi connectivity index (χ2v) is 6.01. The Bertz CT molecular complexity index is 482. The molecule has 4 atom stereocenters. The summed E-state index contributed by atoms with van der Waals surface area (Å²) in [6, 6.07) is 6.01. The summed E-state index contributed by atoms with van der Waals surface area (Å²) in [5.41, 5.74) is 0.707. The maximum Gasteiger partial charge on any atom is 0.228 e. The summed E-state index contributed by atoms with van der Waals surface area (Å²) in [5, 5.41) is 2.92. The standard InChI is InChI=1S/C15H16FNO/c16-10-3-5-11(6-4-10)17-15(18)14-12-8-1-2-9(7-8)13(12)14/h3-6,8-9,12-14H,1-2,7H2,(H,17,18)/t8-,9-,12-,13-/m1/s1. The van der Waals surface area contributed by atoms with Crippen molar-refractivity contribution in [1.82, 2.24) is 0 Å². The summed E-state index contributed by atoms with van der Waals surface area (Å²) in [5.74, 6) is 3.05. The van der Waals surface area contributed by atoms with Crippen molar-refractivity contribution in [3.05, 3.63) is 30.1 Å². The van der Waals surface area contributed by atoms with Crippen LogP contribution in [0.2, 0.25) is 0 Å². The van der Waals surface area contributed by atoms with Crippen molar-refractivity contribution in [2.24, 2.45) is 29.6 Å². The van der Waals surface area contributed by atoms with Crippen molar-refractivity contribution in [2.45, 2.75) is 19.3 Å². The number of nitrogens with one attached hydrogen (secondary N) is 1. The second kappa shape index (κ2) is 3.56. The van der Waals surface area contributed by atoms with Gasteiger partial charge in [-0.2, -0.15) is 0 Å². The number of hydrogen-bond acceptors (Lipinski definition) is 1. The number of carbonyl (C=O) groups excluding carboxylic acids is 1. The number of benzene rings is 1. The maximum absolute atomic E-state index is 12.8. The molecular weight excluding hydrogens is 229 g/mol. The molecule has 0 heterocycles. The van der Waals surface area contributed by atoms with Crippen molar-refractivity contribution in [3.8, 4) is 0 Å². The van der Waals surface area contributed by atoms with E-state index >= 15 is 0 Å². The Morgan fingerprint density at radius 3 is 2.33 bits per heavy atom. The largest absolute Gasteiger partial charge is 0.326 e. The molecule has 1 N–H and O–H groups in total. The monoisotopic (exact) mass is 245 g/mol. The summed E-state index contributed by atoms with van der Waals surface area (Å²) in [4.78, 5) is 12.2. The Morgan fingerprint density at radius 2 is 1.72 bits per heavy atom. The highest BCUT2D eigenvalue weighted by Gasteiger charge is 2.67. The van der Waals surface area contributed by atoms with Gasteiger partial charge in [-0.1, -0.05) is 0 Å². The molecule has 3 aliphatic rings. The van der Waals surface area contributed by atoms with Gasteiger partial charge in [0.05, 0.1) is 0 Å². The van der Waals surface area contributed by atoms with E-state index in [0.717, 1.165) is 11.8 Å². The SMILES string of the molecule is O=C(Nc1ccc(F)cc1)C1[C@@H]2[C@@H]3CC[C@H](C3)[C@@H]12. The molecule has 0 spiro atoms. The molecule has 0 unspecified atom stereocenters. The van der Waals surface area contributed by atoms with E-state index in [2.05, 4.69) is 5.32 Å². The lowest BCUT2D eigenvalue weighted by molar-refractivity contribution is -0.118. The van der Waals surface area contributed by atoms with Crippen LogP contribution in [-0.4, -0.2) is 5.91 Å². The van der Waals surface area contributed by atoms with Gasteiger partial charge in [-0.05, 0) is 67.2 Å². The van der Waals surface area contributed by atoms with Crippen LogP contribution in [-0.2, 0) is 4.79 Å². The molecule has 4 rings (SSSR count). The van der Waals surface area contributed by atoms with Crippen molar-refractivity contribution in [1.29, 1.82) is 0 Å². The summed E-state index contributed by atoms with van der Waals surface area (Å²) >= 11 is 0. The van der Waals surface area contributed by atoms with Gasteiger partial charge in [-0.15, -0.1) is 0 Å². The molecule has 18 heavy (non-hydrogen) atoms. The molecule has 3 fully saturated rings. The van der Waals surface area contributed by atoms with Crippen LogP contribution in [0.5, 0.6) is 0 Å². The number of amides is 1. The zero-order valence-corrected chi connectivity index (χ0v) is 10.1. The van der Waals surface area contributed by atoms with Gasteiger partial charge in [0, 0.05) is 11.6 Å². The average molecular weight is 245 g/mol. The number of halogens is 1. The minimum Gasteiger partial charge on any atom is -0.326 e. The Hall–Kier alpha value is -1.38. The molecule has 1 aromatic carbocycles. The van der Waals surface area contributed by atoms with Crippen molar-refractivity contribution in [3.63, 3.8) is 0 Å². The normalized spacial score (nSPS) is 39.5. The van der Waals surface area contributed by atoms with E-state index < -0.39 is 0 Å². The molecule has 0 aliphatic heterocycles. The Balaban J connectivity index is 1.45. The third kappa shape index (κ3) is 1.43. The minimum absolute atomic E-state index is 0.146. The van der Waals surface area contributed by atoms with Gasteiger partial charge in [0.25, 0.3) is 0 Å². The summed E-state index contributed by atoms with van der Waals surface area (Å²) in [6.07, 6.45) is 4.01. The van der Waals surface area contributed by atoms with Crippen LogP contribution >= 0.6 is 0 Å². The fourth-order valence-corrected chi connectivity index (χ4v) is 4.43. The molecule has 0 radical (unpaired) electrons. The van der Waals surface area contributed by atoms with E-state index in [1.807, 2.05) is 0 Å². The highest BCUT2D eigenvalue weighted by molar-refractivity contribution is 5.95. The van der Waals surface area contributed by atoms with Gasteiger partial charge in [-0.25, -0.2) is 4.39 Å². The summed E-state index contributed by atoms with van der Waals surface area (Å²) in [7, 11) is 0. The van der Waals surface area contributed by atoms with Gasteiger partial charge in [0.15, 0.2) is 0 Å². The molecule has 1 aromatic rings.